The van der Waals surface area contributed by atoms with E-state index in [9.17, 15) is 13.2 Å². The van der Waals surface area contributed by atoms with Gasteiger partial charge < -0.3 is 16.4 Å². The van der Waals surface area contributed by atoms with Crippen LogP contribution in [0.2, 0.25) is 0 Å². The summed E-state index contributed by atoms with van der Waals surface area (Å²) in [4.78, 5) is 17.8. The second kappa shape index (κ2) is 10.1. The number of amides is 1. The Labute approximate surface area is 205 Å². The number of sulfone groups is 1. The summed E-state index contributed by atoms with van der Waals surface area (Å²) < 4.78 is 24.3. The van der Waals surface area contributed by atoms with E-state index < -0.39 is 15.9 Å². The molecule has 0 radical (unpaired) electrons. The summed E-state index contributed by atoms with van der Waals surface area (Å²) in [5, 5.41) is 8.01. The highest BCUT2D eigenvalue weighted by molar-refractivity contribution is 7.90. The fourth-order valence-electron chi connectivity index (χ4n) is 4.05. The van der Waals surface area contributed by atoms with Crippen molar-refractivity contribution in [1.82, 2.24) is 10.3 Å². The van der Waals surface area contributed by atoms with Crippen LogP contribution in [0.25, 0.3) is 10.8 Å². The lowest BCUT2D eigenvalue weighted by molar-refractivity contribution is -0.122. The number of benzene rings is 3. The minimum atomic E-state index is -3.42. The van der Waals surface area contributed by atoms with Gasteiger partial charge in [0.25, 0.3) is 0 Å². The van der Waals surface area contributed by atoms with Crippen molar-refractivity contribution in [2.24, 2.45) is 0 Å². The molecule has 1 amide bonds. The quantitative estimate of drug-likeness (QED) is 0.342. The summed E-state index contributed by atoms with van der Waals surface area (Å²) in [5.41, 5.74) is 9.19. The molecule has 1 aromatic heterocycles. The monoisotopic (exact) mass is 488 g/mol. The summed E-state index contributed by atoms with van der Waals surface area (Å²) in [5.74, 6) is 0.180. The second-order valence-corrected chi connectivity index (χ2v) is 10.4. The summed E-state index contributed by atoms with van der Waals surface area (Å²) in [6, 6.07) is 21.4. The van der Waals surface area contributed by atoms with Crippen LogP contribution in [-0.2, 0) is 27.6 Å². The van der Waals surface area contributed by atoms with E-state index in [1.54, 1.807) is 30.5 Å². The standard InChI is InChI=1S/C27H28N4O3S/c1-3-18-7-6-9-20(15-18)25(31-22-11-12-23-19(16-22)13-14-29-26(23)28)27(32)30-17-21-8-4-5-10-24(21)35(2,33)34/h4-16,25,31H,3,17H2,1-2H3,(H2,28,29)(H,30,32). The van der Waals surface area contributed by atoms with Gasteiger partial charge in [-0.2, -0.15) is 0 Å². The lowest BCUT2D eigenvalue weighted by Gasteiger charge is -2.21. The Morgan fingerprint density at radius 3 is 2.60 bits per heavy atom. The van der Waals surface area contributed by atoms with Crippen molar-refractivity contribution in [2.45, 2.75) is 30.8 Å². The number of pyridine rings is 1. The summed E-state index contributed by atoms with van der Waals surface area (Å²) in [6.07, 6.45) is 3.65. The average molecular weight is 489 g/mol. The van der Waals surface area contributed by atoms with Crippen molar-refractivity contribution in [2.75, 3.05) is 17.3 Å². The van der Waals surface area contributed by atoms with E-state index in [0.717, 1.165) is 40.3 Å². The predicted molar refractivity (Wildman–Crippen MR) is 140 cm³/mol. The Morgan fingerprint density at radius 1 is 1.03 bits per heavy atom. The third kappa shape index (κ3) is 5.60. The molecule has 1 atom stereocenters. The summed E-state index contributed by atoms with van der Waals surface area (Å²) >= 11 is 0. The molecule has 8 heteroatoms. The topological polar surface area (TPSA) is 114 Å². The molecule has 4 rings (SSSR count). The van der Waals surface area contributed by atoms with Crippen molar-refractivity contribution in [3.05, 3.63) is 95.7 Å². The fraction of sp³-hybridized carbons (Fsp3) is 0.185. The molecule has 1 heterocycles. The lowest BCUT2D eigenvalue weighted by atomic mass is 10.0. The van der Waals surface area contributed by atoms with E-state index in [-0.39, 0.29) is 17.3 Å². The van der Waals surface area contributed by atoms with Crippen molar-refractivity contribution in [3.8, 4) is 0 Å². The van der Waals surface area contributed by atoms with Gasteiger partial charge in [-0.1, -0.05) is 49.4 Å². The zero-order chi connectivity index (χ0) is 25.0. The number of fused-ring (bicyclic) bond motifs is 1. The van der Waals surface area contributed by atoms with Gasteiger partial charge in [0.15, 0.2) is 9.84 Å². The van der Waals surface area contributed by atoms with Gasteiger partial charge in [0, 0.05) is 30.1 Å². The van der Waals surface area contributed by atoms with Crippen LogP contribution in [0.5, 0.6) is 0 Å². The Kier molecular flexibility index (Phi) is 7.02. The first-order valence-corrected chi connectivity index (χ1v) is 13.2. The van der Waals surface area contributed by atoms with Gasteiger partial charge >= 0.3 is 0 Å². The van der Waals surface area contributed by atoms with Crippen LogP contribution in [0.1, 0.15) is 29.7 Å². The molecule has 0 aliphatic rings. The van der Waals surface area contributed by atoms with E-state index in [4.69, 9.17) is 5.73 Å². The molecule has 0 aliphatic heterocycles. The first-order valence-electron chi connectivity index (χ1n) is 11.3. The molecule has 0 spiro atoms. The molecule has 4 aromatic rings. The molecule has 0 bridgehead atoms. The summed E-state index contributed by atoms with van der Waals surface area (Å²) in [7, 11) is -3.42. The Hall–Kier alpha value is -3.91. The van der Waals surface area contributed by atoms with Crippen LogP contribution in [-0.4, -0.2) is 25.6 Å². The number of carbonyl (C=O) groups excluding carboxylic acids is 1. The summed E-state index contributed by atoms with van der Waals surface area (Å²) in [6.45, 7) is 2.15. The van der Waals surface area contributed by atoms with Gasteiger partial charge in [0.1, 0.15) is 11.9 Å². The minimum absolute atomic E-state index is 0.0909. The van der Waals surface area contributed by atoms with Gasteiger partial charge in [-0.15, -0.1) is 0 Å². The lowest BCUT2D eigenvalue weighted by Crippen LogP contribution is -2.33. The molecule has 0 saturated heterocycles. The fourth-order valence-corrected chi connectivity index (χ4v) is 4.99. The van der Waals surface area contributed by atoms with E-state index in [2.05, 4.69) is 22.5 Å². The van der Waals surface area contributed by atoms with Gasteiger partial charge in [0.05, 0.1) is 4.90 Å². The molecule has 35 heavy (non-hydrogen) atoms. The third-order valence-electron chi connectivity index (χ3n) is 5.89. The van der Waals surface area contributed by atoms with E-state index >= 15 is 0 Å². The number of nitrogens with one attached hydrogen (secondary N) is 2. The minimum Gasteiger partial charge on any atom is -0.383 e. The van der Waals surface area contributed by atoms with Gasteiger partial charge in [0.2, 0.25) is 5.91 Å². The number of carbonyl (C=O) groups is 1. The van der Waals surface area contributed by atoms with Gasteiger partial charge in [-0.05, 0) is 58.8 Å². The third-order valence-corrected chi connectivity index (χ3v) is 7.08. The van der Waals surface area contributed by atoms with Crippen molar-refractivity contribution in [3.63, 3.8) is 0 Å². The smallest absolute Gasteiger partial charge is 0.247 e. The molecule has 7 nitrogen and oxygen atoms in total. The normalized spacial score (nSPS) is 12.3. The van der Waals surface area contributed by atoms with Crippen LogP contribution in [0.3, 0.4) is 0 Å². The number of hydrogen-bond acceptors (Lipinski definition) is 6. The molecular weight excluding hydrogens is 460 g/mol. The maximum absolute atomic E-state index is 13.4. The second-order valence-electron chi connectivity index (χ2n) is 8.41. The number of nitrogen functional groups attached to an aromatic ring is 1. The first-order chi connectivity index (χ1) is 16.8. The number of hydrogen-bond donors (Lipinski definition) is 3. The first kappa shape index (κ1) is 24.2. The number of nitrogens with two attached hydrogens (primary N) is 1. The zero-order valence-corrected chi connectivity index (χ0v) is 20.5. The van der Waals surface area contributed by atoms with Crippen LogP contribution in [0, 0.1) is 0 Å². The predicted octanol–water partition coefficient (Wildman–Crippen LogP) is 4.25. The highest BCUT2D eigenvalue weighted by atomic mass is 32.2. The zero-order valence-electron chi connectivity index (χ0n) is 19.7. The molecular formula is C27H28N4O3S. The molecule has 3 aromatic carbocycles. The van der Waals surface area contributed by atoms with Crippen molar-refractivity contribution < 1.29 is 13.2 Å². The Balaban J connectivity index is 1.64. The highest BCUT2D eigenvalue weighted by Crippen LogP contribution is 2.27. The van der Waals surface area contributed by atoms with E-state index in [1.807, 2.05) is 48.5 Å². The Bertz CT molecular complexity index is 1490. The molecule has 0 aliphatic carbocycles. The SMILES string of the molecule is CCc1cccc(C(Nc2ccc3c(N)nccc3c2)C(=O)NCc2ccccc2S(C)(=O)=O)c1. The van der Waals surface area contributed by atoms with Crippen LogP contribution in [0.4, 0.5) is 11.5 Å². The van der Waals surface area contributed by atoms with Crippen LogP contribution < -0.4 is 16.4 Å². The maximum Gasteiger partial charge on any atom is 0.247 e. The Morgan fingerprint density at radius 2 is 1.83 bits per heavy atom. The number of aromatic nitrogens is 1. The number of rotatable bonds is 8. The number of aryl methyl sites for hydroxylation is 1. The van der Waals surface area contributed by atoms with Crippen molar-refractivity contribution >= 4 is 38.0 Å². The van der Waals surface area contributed by atoms with E-state index in [0.29, 0.717) is 11.4 Å². The largest absolute Gasteiger partial charge is 0.383 e. The highest BCUT2D eigenvalue weighted by Gasteiger charge is 2.22. The molecule has 0 saturated carbocycles. The molecule has 1 unspecified atom stereocenters. The number of anilines is 2. The van der Waals surface area contributed by atoms with Crippen LogP contribution in [0.15, 0.2) is 83.9 Å². The maximum atomic E-state index is 13.4. The number of nitrogens with zero attached hydrogens (tertiary/aromatic N) is 1. The van der Waals surface area contributed by atoms with Gasteiger partial charge in [-0.25, -0.2) is 13.4 Å². The van der Waals surface area contributed by atoms with Crippen LogP contribution >= 0.6 is 0 Å². The van der Waals surface area contributed by atoms with Gasteiger partial charge in [-0.3, -0.25) is 4.79 Å². The van der Waals surface area contributed by atoms with Crippen molar-refractivity contribution in [1.29, 1.82) is 0 Å². The molecule has 180 valence electrons. The molecule has 0 fully saturated rings. The average Bonchev–Trinajstić information content (AvgIpc) is 2.85. The molecule has 4 N–H and O–H groups in total. The van der Waals surface area contributed by atoms with E-state index in [1.165, 1.54) is 0 Å².